The van der Waals surface area contributed by atoms with Crippen molar-refractivity contribution in [2.45, 2.75) is 43.5 Å². The monoisotopic (exact) mass is 355 g/mol. The molecule has 0 aliphatic carbocycles. The summed E-state index contributed by atoms with van der Waals surface area (Å²) < 4.78 is 32.1. The zero-order chi connectivity index (χ0) is 17.7. The molecule has 1 aliphatic rings. The topological polar surface area (TPSA) is 102 Å². The summed E-state index contributed by atoms with van der Waals surface area (Å²) in [7, 11) is -2.17. The van der Waals surface area contributed by atoms with Gasteiger partial charge in [-0.3, -0.25) is 4.79 Å². The van der Waals surface area contributed by atoms with E-state index in [0.717, 1.165) is 19.3 Å². The summed E-state index contributed by atoms with van der Waals surface area (Å²) in [6, 6.07) is 3.95. The second-order valence-electron chi connectivity index (χ2n) is 5.86. The number of carbonyl (C=O) groups excluding carboxylic acids is 1. The maximum absolute atomic E-state index is 12.7. The largest absolute Gasteiger partial charge is 0.495 e. The van der Waals surface area contributed by atoms with Crippen molar-refractivity contribution in [1.82, 2.24) is 4.31 Å². The number of benzene rings is 1. The smallest absolute Gasteiger partial charge is 0.246 e. The fraction of sp³-hybridized carbons (Fsp3) is 0.562. The van der Waals surface area contributed by atoms with Gasteiger partial charge >= 0.3 is 0 Å². The molecule has 0 saturated carbocycles. The first-order chi connectivity index (χ1) is 11.4. The van der Waals surface area contributed by atoms with Gasteiger partial charge in [-0.2, -0.15) is 4.31 Å². The van der Waals surface area contributed by atoms with Crippen molar-refractivity contribution in [3.63, 3.8) is 0 Å². The minimum atomic E-state index is -3.58. The van der Waals surface area contributed by atoms with Crippen molar-refractivity contribution < 1.29 is 17.9 Å². The normalized spacial score (nSPS) is 16.8. The van der Waals surface area contributed by atoms with Crippen LogP contribution in [0.5, 0.6) is 5.75 Å². The van der Waals surface area contributed by atoms with Gasteiger partial charge in [-0.15, -0.1) is 0 Å². The standard InChI is InChI=1S/C16H25N3O4S/c1-3-6-13(17)16(20)18-12-7-8-15(14(11-12)23-2)24(21,22)19-9-4-5-10-19/h7-8,11,13H,3-6,9-10,17H2,1-2H3,(H,18,20). The van der Waals surface area contributed by atoms with Gasteiger partial charge in [0.2, 0.25) is 15.9 Å². The van der Waals surface area contributed by atoms with E-state index in [0.29, 0.717) is 25.2 Å². The molecule has 1 fully saturated rings. The van der Waals surface area contributed by atoms with Crippen molar-refractivity contribution in [1.29, 1.82) is 0 Å². The van der Waals surface area contributed by atoms with E-state index in [2.05, 4.69) is 5.32 Å². The van der Waals surface area contributed by atoms with Crippen molar-refractivity contribution in [3.8, 4) is 5.75 Å². The highest BCUT2D eigenvalue weighted by Crippen LogP contribution is 2.31. The predicted molar refractivity (Wildman–Crippen MR) is 92.5 cm³/mol. The fourth-order valence-corrected chi connectivity index (χ4v) is 4.36. The summed E-state index contributed by atoms with van der Waals surface area (Å²) in [6.07, 6.45) is 3.13. The summed E-state index contributed by atoms with van der Waals surface area (Å²) in [5.41, 5.74) is 6.24. The molecule has 1 atom stereocenters. The first-order valence-electron chi connectivity index (χ1n) is 8.14. The number of methoxy groups -OCH3 is 1. The molecular formula is C16H25N3O4S. The summed E-state index contributed by atoms with van der Waals surface area (Å²) in [4.78, 5) is 12.1. The minimum Gasteiger partial charge on any atom is -0.495 e. The maximum atomic E-state index is 12.7. The fourth-order valence-electron chi connectivity index (χ4n) is 2.70. The Kier molecular flexibility index (Phi) is 6.20. The number of hydrogen-bond donors (Lipinski definition) is 2. The van der Waals surface area contributed by atoms with Crippen LogP contribution in [0.4, 0.5) is 5.69 Å². The second kappa shape index (κ2) is 7.96. The maximum Gasteiger partial charge on any atom is 0.246 e. The quantitative estimate of drug-likeness (QED) is 0.772. The molecule has 0 spiro atoms. The number of nitrogens with two attached hydrogens (primary N) is 1. The van der Waals surface area contributed by atoms with Crippen LogP contribution in [0.2, 0.25) is 0 Å². The van der Waals surface area contributed by atoms with Crippen LogP contribution in [-0.4, -0.2) is 44.9 Å². The highest BCUT2D eigenvalue weighted by molar-refractivity contribution is 7.89. The summed E-state index contributed by atoms with van der Waals surface area (Å²) in [5, 5.41) is 2.70. The predicted octanol–water partition coefficient (Wildman–Crippen LogP) is 1.55. The number of nitrogens with one attached hydrogen (secondary N) is 1. The first kappa shape index (κ1) is 18.7. The van der Waals surface area contributed by atoms with Crippen LogP contribution in [0.3, 0.4) is 0 Å². The van der Waals surface area contributed by atoms with Crippen LogP contribution in [0, 0.1) is 0 Å². The summed E-state index contributed by atoms with van der Waals surface area (Å²) in [6.45, 7) is 3.00. The second-order valence-corrected chi connectivity index (χ2v) is 7.77. The number of nitrogens with zero attached hydrogens (tertiary/aromatic N) is 1. The van der Waals surface area contributed by atoms with Crippen LogP contribution in [0.15, 0.2) is 23.1 Å². The van der Waals surface area contributed by atoms with E-state index in [1.54, 1.807) is 6.07 Å². The number of ether oxygens (including phenoxy) is 1. The van der Waals surface area contributed by atoms with Gasteiger partial charge in [0.15, 0.2) is 0 Å². The van der Waals surface area contributed by atoms with Crippen molar-refractivity contribution in [2.24, 2.45) is 5.73 Å². The molecule has 1 amide bonds. The van der Waals surface area contributed by atoms with Gasteiger partial charge in [0, 0.05) is 24.8 Å². The Morgan fingerprint density at radius 1 is 1.38 bits per heavy atom. The number of hydrogen-bond acceptors (Lipinski definition) is 5. The molecule has 7 nitrogen and oxygen atoms in total. The minimum absolute atomic E-state index is 0.114. The lowest BCUT2D eigenvalue weighted by atomic mass is 10.1. The highest BCUT2D eigenvalue weighted by Gasteiger charge is 2.30. The third kappa shape index (κ3) is 4.06. The lowest BCUT2D eigenvalue weighted by molar-refractivity contribution is -0.117. The van der Waals surface area contributed by atoms with Gasteiger partial charge in [-0.1, -0.05) is 13.3 Å². The Labute approximate surface area is 143 Å². The third-order valence-electron chi connectivity index (χ3n) is 4.05. The molecule has 1 aromatic rings. The highest BCUT2D eigenvalue weighted by atomic mass is 32.2. The number of rotatable bonds is 7. The number of amides is 1. The molecule has 0 aromatic heterocycles. The van der Waals surface area contributed by atoms with E-state index in [4.69, 9.17) is 10.5 Å². The van der Waals surface area contributed by atoms with Gasteiger partial charge < -0.3 is 15.8 Å². The lowest BCUT2D eigenvalue weighted by Gasteiger charge is -2.18. The zero-order valence-corrected chi connectivity index (χ0v) is 14.9. The van der Waals surface area contributed by atoms with Crippen molar-refractivity contribution >= 4 is 21.6 Å². The zero-order valence-electron chi connectivity index (χ0n) is 14.1. The van der Waals surface area contributed by atoms with Crippen LogP contribution in [0.1, 0.15) is 32.6 Å². The number of carbonyl (C=O) groups is 1. The van der Waals surface area contributed by atoms with E-state index in [9.17, 15) is 13.2 Å². The van der Waals surface area contributed by atoms with Gasteiger partial charge in [0.05, 0.1) is 13.2 Å². The lowest BCUT2D eigenvalue weighted by Crippen LogP contribution is -2.35. The van der Waals surface area contributed by atoms with Crippen LogP contribution in [-0.2, 0) is 14.8 Å². The summed E-state index contributed by atoms with van der Waals surface area (Å²) >= 11 is 0. The molecule has 2 rings (SSSR count). The molecule has 1 unspecified atom stereocenters. The Bertz CT molecular complexity index is 685. The Morgan fingerprint density at radius 3 is 2.62 bits per heavy atom. The van der Waals surface area contributed by atoms with Crippen molar-refractivity contribution in [2.75, 3.05) is 25.5 Å². The SMILES string of the molecule is CCCC(N)C(=O)Nc1ccc(S(=O)(=O)N2CCCC2)c(OC)c1. The summed E-state index contributed by atoms with van der Waals surface area (Å²) in [5.74, 6) is -0.0854. The van der Waals surface area contributed by atoms with E-state index < -0.39 is 16.1 Å². The molecule has 1 heterocycles. The van der Waals surface area contributed by atoms with Crippen LogP contribution >= 0.6 is 0 Å². The van der Waals surface area contributed by atoms with Gasteiger partial charge in [0.25, 0.3) is 0 Å². The Morgan fingerprint density at radius 2 is 2.04 bits per heavy atom. The Balaban J connectivity index is 2.23. The first-order valence-corrected chi connectivity index (χ1v) is 9.58. The molecular weight excluding hydrogens is 330 g/mol. The number of anilines is 1. The Hall–Kier alpha value is -1.64. The van der Waals surface area contributed by atoms with Crippen molar-refractivity contribution in [3.05, 3.63) is 18.2 Å². The molecule has 24 heavy (non-hydrogen) atoms. The molecule has 1 aliphatic heterocycles. The molecule has 1 saturated heterocycles. The van der Waals surface area contributed by atoms with E-state index in [-0.39, 0.29) is 16.6 Å². The van der Waals surface area contributed by atoms with E-state index >= 15 is 0 Å². The van der Waals surface area contributed by atoms with Gasteiger partial charge in [0.1, 0.15) is 10.6 Å². The number of sulfonamides is 1. The van der Waals surface area contributed by atoms with E-state index in [1.807, 2.05) is 6.92 Å². The molecule has 0 radical (unpaired) electrons. The van der Waals surface area contributed by atoms with Crippen LogP contribution in [0.25, 0.3) is 0 Å². The average molecular weight is 355 g/mol. The van der Waals surface area contributed by atoms with E-state index in [1.165, 1.54) is 23.5 Å². The molecule has 8 heteroatoms. The molecule has 134 valence electrons. The average Bonchev–Trinajstić information content (AvgIpc) is 3.10. The molecule has 0 bridgehead atoms. The molecule has 1 aromatic carbocycles. The van der Waals surface area contributed by atoms with Gasteiger partial charge in [-0.05, 0) is 31.4 Å². The third-order valence-corrected chi connectivity index (χ3v) is 5.99. The van der Waals surface area contributed by atoms with Crippen LogP contribution < -0.4 is 15.8 Å². The molecule has 3 N–H and O–H groups in total. The van der Waals surface area contributed by atoms with Gasteiger partial charge in [-0.25, -0.2) is 8.42 Å².